The molecule has 1 aromatic heterocycles. The summed E-state index contributed by atoms with van der Waals surface area (Å²) in [6.07, 6.45) is 0. The first-order valence-corrected chi connectivity index (χ1v) is 17.0. The molecule has 0 saturated heterocycles. The fourth-order valence-electron chi connectivity index (χ4n) is 6.99. The maximum atomic E-state index is 6.25. The lowest BCUT2D eigenvalue weighted by molar-refractivity contribution is 0.631. The minimum absolute atomic E-state index is 0.873. The van der Waals surface area contributed by atoms with Crippen molar-refractivity contribution in [3.8, 4) is 44.7 Å². The number of rotatable bonds is 7. The van der Waals surface area contributed by atoms with E-state index < -0.39 is 0 Å². The highest BCUT2D eigenvalue weighted by molar-refractivity contribution is 6.06. The van der Waals surface area contributed by atoms with Crippen LogP contribution in [0.3, 0.4) is 0 Å². The van der Waals surface area contributed by atoms with E-state index in [0.717, 1.165) is 44.9 Å². The average molecular weight is 640 g/mol. The zero-order chi connectivity index (χ0) is 33.3. The summed E-state index contributed by atoms with van der Waals surface area (Å²) >= 11 is 0. The number of benzene rings is 8. The van der Waals surface area contributed by atoms with Crippen LogP contribution in [0.1, 0.15) is 0 Å². The van der Waals surface area contributed by atoms with E-state index in [0.29, 0.717) is 0 Å². The fraction of sp³-hybridized carbons (Fsp3) is 0. The van der Waals surface area contributed by atoms with Gasteiger partial charge in [0.2, 0.25) is 0 Å². The molecule has 2 nitrogen and oxygen atoms in total. The molecule has 50 heavy (non-hydrogen) atoms. The number of nitrogens with zero attached hydrogens (tertiary/aromatic N) is 1. The Morgan fingerprint density at radius 2 is 0.860 bits per heavy atom. The van der Waals surface area contributed by atoms with Gasteiger partial charge in [-0.05, 0) is 87.3 Å². The predicted octanol–water partition coefficient (Wildman–Crippen LogP) is 13.7. The van der Waals surface area contributed by atoms with Gasteiger partial charge in [-0.15, -0.1) is 0 Å². The molecule has 236 valence electrons. The number of furan rings is 1. The molecule has 0 amide bonds. The van der Waals surface area contributed by atoms with Crippen molar-refractivity contribution in [2.75, 3.05) is 4.90 Å². The van der Waals surface area contributed by atoms with E-state index in [9.17, 15) is 0 Å². The smallest absolute Gasteiger partial charge is 0.135 e. The van der Waals surface area contributed by atoms with Crippen molar-refractivity contribution in [3.63, 3.8) is 0 Å². The van der Waals surface area contributed by atoms with Crippen molar-refractivity contribution in [1.82, 2.24) is 0 Å². The summed E-state index contributed by atoms with van der Waals surface area (Å²) in [6, 6.07) is 71.1. The van der Waals surface area contributed by atoms with Gasteiger partial charge in [-0.2, -0.15) is 0 Å². The van der Waals surface area contributed by atoms with Gasteiger partial charge in [0.25, 0.3) is 0 Å². The molecule has 0 aliphatic carbocycles. The van der Waals surface area contributed by atoms with Crippen molar-refractivity contribution in [2.45, 2.75) is 0 Å². The van der Waals surface area contributed by atoms with E-state index in [1.165, 1.54) is 38.6 Å². The lowest BCUT2D eigenvalue weighted by Crippen LogP contribution is -2.10. The highest BCUT2D eigenvalue weighted by Gasteiger charge is 2.18. The molecule has 9 rings (SSSR count). The van der Waals surface area contributed by atoms with Crippen molar-refractivity contribution in [2.24, 2.45) is 0 Å². The molecule has 0 atom stereocenters. The van der Waals surface area contributed by atoms with Crippen LogP contribution in [0, 0.1) is 0 Å². The molecule has 0 fully saturated rings. The van der Waals surface area contributed by atoms with Crippen molar-refractivity contribution in [3.05, 3.63) is 200 Å². The van der Waals surface area contributed by atoms with Gasteiger partial charge >= 0.3 is 0 Å². The quantitative estimate of drug-likeness (QED) is 0.173. The van der Waals surface area contributed by atoms with Gasteiger partial charge in [-0.1, -0.05) is 152 Å². The van der Waals surface area contributed by atoms with Crippen LogP contribution in [0.5, 0.6) is 0 Å². The minimum atomic E-state index is 0.873. The van der Waals surface area contributed by atoms with E-state index in [-0.39, 0.29) is 0 Å². The summed E-state index contributed by atoms with van der Waals surface area (Å²) in [6.45, 7) is 0. The van der Waals surface area contributed by atoms with Gasteiger partial charge in [0, 0.05) is 27.7 Å². The molecule has 0 aliphatic rings. The third kappa shape index (κ3) is 5.53. The Hall–Kier alpha value is -6.64. The summed E-state index contributed by atoms with van der Waals surface area (Å²) in [5.74, 6) is 0.873. The first kappa shape index (κ1) is 29.5. The Morgan fingerprint density at radius 1 is 0.340 bits per heavy atom. The van der Waals surface area contributed by atoms with Crippen LogP contribution in [0.2, 0.25) is 0 Å². The highest BCUT2D eigenvalue weighted by Crippen LogP contribution is 2.43. The van der Waals surface area contributed by atoms with Gasteiger partial charge in [0.1, 0.15) is 11.3 Å². The zero-order valence-corrected chi connectivity index (χ0v) is 27.4. The predicted molar refractivity (Wildman–Crippen MR) is 210 cm³/mol. The molecular weight excluding hydrogens is 607 g/mol. The second-order valence-electron chi connectivity index (χ2n) is 12.6. The zero-order valence-electron chi connectivity index (χ0n) is 27.4. The van der Waals surface area contributed by atoms with Crippen LogP contribution in [0.15, 0.2) is 205 Å². The molecule has 0 saturated carbocycles. The summed E-state index contributed by atoms with van der Waals surface area (Å²) in [5.41, 5.74) is 12.4. The number of hydrogen-bond acceptors (Lipinski definition) is 2. The van der Waals surface area contributed by atoms with Crippen LogP contribution in [-0.2, 0) is 0 Å². The molecule has 9 aromatic rings. The SMILES string of the molecule is c1ccc(-c2ccc(N(c3ccc(-c4ccccc4)cc3)c3ccc(-c4cccc(-c5cc6ccccc6o5)c4)c4ccccc34)cc2)cc1. The molecule has 0 bridgehead atoms. The molecule has 8 aromatic carbocycles. The van der Waals surface area contributed by atoms with E-state index in [1.807, 2.05) is 18.2 Å². The van der Waals surface area contributed by atoms with Crippen LogP contribution in [0.25, 0.3) is 66.4 Å². The molecule has 0 unspecified atom stereocenters. The van der Waals surface area contributed by atoms with Crippen LogP contribution in [0.4, 0.5) is 17.1 Å². The average Bonchev–Trinajstić information content (AvgIpc) is 3.64. The first-order chi connectivity index (χ1) is 24.8. The van der Waals surface area contributed by atoms with Crippen molar-refractivity contribution >= 4 is 38.8 Å². The molecule has 2 heteroatoms. The summed E-state index contributed by atoms with van der Waals surface area (Å²) in [7, 11) is 0. The summed E-state index contributed by atoms with van der Waals surface area (Å²) in [5, 5.41) is 3.48. The monoisotopic (exact) mass is 639 g/mol. The van der Waals surface area contributed by atoms with Crippen molar-refractivity contribution < 1.29 is 4.42 Å². The summed E-state index contributed by atoms with van der Waals surface area (Å²) in [4.78, 5) is 2.38. The molecule has 1 heterocycles. The van der Waals surface area contributed by atoms with Gasteiger partial charge in [-0.3, -0.25) is 0 Å². The lowest BCUT2D eigenvalue weighted by Gasteiger charge is -2.28. The largest absolute Gasteiger partial charge is 0.456 e. The Labute approximate surface area is 292 Å². The normalized spacial score (nSPS) is 11.2. The van der Waals surface area contributed by atoms with Gasteiger partial charge in [0.05, 0.1) is 5.69 Å². The Balaban J connectivity index is 1.16. The molecule has 0 aliphatic heterocycles. The first-order valence-electron chi connectivity index (χ1n) is 17.0. The number of hydrogen-bond donors (Lipinski definition) is 0. The summed E-state index contributed by atoms with van der Waals surface area (Å²) < 4.78 is 6.25. The van der Waals surface area contributed by atoms with Crippen molar-refractivity contribution in [1.29, 1.82) is 0 Å². The number of para-hydroxylation sites is 1. The number of fused-ring (bicyclic) bond motifs is 2. The standard InChI is InChI=1S/C48H33NO/c1-3-12-34(13-4-1)36-22-26-41(27-23-36)49(42-28-24-37(25-29-42)35-14-5-2-6-15-35)46-31-30-43(44-19-8-9-20-45(44)46)38-17-11-18-39(32-38)48-33-40-16-7-10-21-47(40)50-48/h1-33H. The van der Waals surface area contributed by atoms with E-state index in [4.69, 9.17) is 4.42 Å². The minimum Gasteiger partial charge on any atom is -0.456 e. The third-order valence-corrected chi connectivity index (χ3v) is 9.49. The molecule has 0 N–H and O–H groups in total. The third-order valence-electron chi connectivity index (χ3n) is 9.49. The number of anilines is 3. The van der Waals surface area contributed by atoms with Crippen LogP contribution in [-0.4, -0.2) is 0 Å². The van der Waals surface area contributed by atoms with E-state index in [2.05, 4.69) is 187 Å². The van der Waals surface area contributed by atoms with Gasteiger partial charge in [-0.25, -0.2) is 0 Å². The molecular formula is C48H33NO. The van der Waals surface area contributed by atoms with Crippen LogP contribution >= 0.6 is 0 Å². The molecule has 0 spiro atoms. The Morgan fingerprint density at radius 3 is 1.50 bits per heavy atom. The highest BCUT2D eigenvalue weighted by atomic mass is 16.3. The maximum absolute atomic E-state index is 6.25. The maximum Gasteiger partial charge on any atom is 0.135 e. The second kappa shape index (κ2) is 12.8. The fourth-order valence-corrected chi connectivity index (χ4v) is 6.99. The lowest BCUT2D eigenvalue weighted by atomic mass is 9.94. The van der Waals surface area contributed by atoms with E-state index in [1.54, 1.807) is 0 Å². The topological polar surface area (TPSA) is 16.4 Å². The van der Waals surface area contributed by atoms with Crippen LogP contribution < -0.4 is 4.90 Å². The Bertz CT molecular complexity index is 2450. The molecule has 0 radical (unpaired) electrons. The van der Waals surface area contributed by atoms with Gasteiger partial charge < -0.3 is 9.32 Å². The van der Waals surface area contributed by atoms with Gasteiger partial charge in [0.15, 0.2) is 0 Å². The Kier molecular flexibility index (Phi) is 7.53. The second-order valence-corrected chi connectivity index (χ2v) is 12.6. The van der Waals surface area contributed by atoms with E-state index >= 15 is 0 Å².